The van der Waals surface area contributed by atoms with Crippen LogP contribution in [0.5, 0.6) is 17.2 Å². The van der Waals surface area contributed by atoms with Crippen molar-refractivity contribution in [2.75, 3.05) is 41.0 Å². The lowest BCUT2D eigenvalue weighted by Gasteiger charge is -2.37. The van der Waals surface area contributed by atoms with E-state index in [0.29, 0.717) is 23.8 Å². The number of nitrogens with one attached hydrogen (secondary N) is 1. The Morgan fingerprint density at radius 2 is 1.69 bits per heavy atom. The summed E-state index contributed by atoms with van der Waals surface area (Å²) >= 11 is 0. The molecule has 0 aliphatic carbocycles. The number of benzene rings is 2. The number of rotatable bonds is 7. The number of hydrogen-bond donors (Lipinski definition) is 1. The first kappa shape index (κ1) is 21.0. The number of amides is 1. The average Bonchev–Trinajstić information content (AvgIpc) is 2.78. The first-order valence-electron chi connectivity index (χ1n) is 9.99. The molecule has 1 saturated heterocycles. The van der Waals surface area contributed by atoms with Gasteiger partial charge in [-0.2, -0.15) is 0 Å². The summed E-state index contributed by atoms with van der Waals surface area (Å²) in [5.74, 6) is 1.73. The Morgan fingerprint density at radius 3 is 2.24 bits per heavy atom. The molecule has 1 N–H and O–H groups in total. The van der Waals surface area contributed by atoms with Gasteiger partial charge in [0, 0.05) is 19.6 Å². The third-order valence-corrected chi connectivity index (χ3v) is 5.42. The molecule has 1 aliphatic heterocycles. The minimum absolute atomic E-state index is 0.0317. The van der Waals surface area contributed by atoms with E-state index in [-0.39, 0.29) is 18.4 Å². The Labute approximate surface area is 172 Å². The molecule has 3 rings (SSSR count). The van der Waals surface area contributed by atoms with E-state index in [1.54, 1.807) is 21.3 Å². The summed E-state index contributed by atoms with van der Waals surface area (Å²) in [6.07, 6.45) is 1.28. The molecule has 0 radical (unpaired) electrons. The van der Waals surface area contributed by atoms with Crippen molar-refractivity contribution in [3.8, 4) is 17.2 Å². The topological polar surface area (TPSA) is 60.0 Å². The summed E-state index contributed by atoms with van der Waals surface area (Å²) < 4.78 is 16.2. The lowest BCUT2D eigenvalue weighted by molar-refractivity contribution is -0.133. The third kappa shape index (κ3) is 4.65. The number of carbonyl (C=O) groups is 1. The highest BCUT2D eigenvalue weighted by atomic mass is 16.5. The Morgan fingerprint density at radius 1 is 1.03 bits per heavy atom. The second-order valence-corrected chi connectivity index (χ2v) is 7.11. The fourth-order valence-electron chi connectivity index (χ4n) is 3.79. The molecule has 156 valence electrons. The molecule has 2 aromatic carbocycles. The zero-order valence-electron chi connectivity index (χ0n) is 17.7. The molecule has 1 amide bonds. The van der Waals surface area contributed by atoms with E-state index < -0.39 is 0 Å². The van der Waals surface area contributed by atoms with E-state index in [0.717, 1.165) is 30.6 Å². The van der Waals surface area contributed by atoms with Crippen LogP contribution in [0.25, 0.3) is 0 Å². The molecular formula is C23H30N2O4. The fraction of sp³-hybridized carbons (Fsp3) is 0.435. The van der Waals surface area contributed by atoms with Gasteiger partial charge in [-0.3, -0.25) is 4.79 Å². The van der Waals surface area contributed by atoms with E-state index >= 15 is 0 Å². The van der Waals surface area contributed by atoms with Crippen LogP contribution in [0.1, 0.15) is 29.7 Å². The minimum Gasteiger partial charge on any atom is -0.493 e. The van der Waals surface area contributed by atoms with Gasteiger partial charge in [0.25, 0.3) is 0 Å². The van der Waals surface area contributed by atoms with Crippen LogP contribution in [-0.2, 0) is 17.6 Å². The first-order valence-corrected chi connectivity index (χ1v) is 9.99. The Hall–Kier alpha value is -2.73. The SMILES string of the molecule is CCc1ccc(C2CNCCN2C(=O)Cc2cc(OC)c(OC)c(OC)c2)cc1. The maximum absolute atomic E-state index is 13.2. The number of hydrogen-bond acceptors (Lipinski definition) is 5. The van der Waals surface area contributed by atoms with E-state index in [9.17, 15) is 4.79 Å². The number of piperazine rings is 1. The molecule has 1 aliphatic rings. The molecule has 1 atom stereocenters. The molecule has 2 aromatic rings. The van der Waals surface area contributed by atoms with Gasteiger partial charge >= 0.3 is 0 Å². The second-order valence-electron chi connectivity index (χ2n) is 7.11. The zero-order chi connectivity index (χ0) is 20.8. The van der Waals surface area contributed by atoms with Crippen molar-refractivity contribution in [3.05, 3.63) is 53.1 Å². The monoisotopic (exact) mass is 398 g/mol. The largest absolute Gasteiger partial charge is 0.493 e. The Bertz CT molecular complexity index is 810. The summed E-state index contributed by atoms with van der Waals surface area (Å²) in [7, 11) is 4.73. The molecule has 0 bridgehead atoms. The van der Waals surface area contributed by atoms with Gasteiger partial charge in [-0.25, -0.2) is 0 Å². The number of aryl methyl sites for hydroxylation is 1. The number of methoxy groups -OCH3 is 3. The molecule has 29 heavy (non-hydrogen) atoms. The average molecular weight is 399 g/mol. The molecule has 1 fully saturated rings. The molecule has 0 saturated carbocycles. The Balaban J connectivity index is 1.82. The van der Waals surface area contributed by atoms with Gasteiger partial charge in [0.1, 0.15) is 0 Å². The van der Waals surface area contributed by atoms with Gasteiger partial charge < -0.3 is 24.4 Å². The van der Waals surface area contributed by atoms with Gasteiger partial charge in [0.2, 0.25) is 11.7 Å². The molecule has 1 heterocycles. The Kier molecular flexibility index (Phi) is 6.99. The van der Waals surface area contributed by atoms with Crippen molar-refractivity contribution in [2.24, 2.45) is 0 Å². The van der Waals surface area contributed by atoms with Crippen LogP contribution in [-0.4, -0.2) is 51.8 Å². The van der Waals surface area contributed by atoms with Gasteiger partial charge in [0.05, 0.1) is 33.8 Å². The lowest BCUT2D eigenvalue weighted by Crippen LogP contribution is -2.49. The smallest absolute Gasteiger partial charge is 0.227 e. The van der Waals surface area contributed by atoms with Crippen molar-refractivity contribution in [1.82, 2.24) is 10.2 Å². The standard InChI is InChI=1S/C23H30N2O4/c1-5-16-6-8-18(9-7-16)19-15-24-10-11-25(19)22(26)14-17-12-20(27-2)23(29-4)21(13-17)28-3/h6-9,12-13,19,24H,5,10-11,14-15H2,1-4H3. The maximum Gasteiger partial charge on any atom is 0.227 e. The third-order valence-electron chi connectivity index (χ3n) is 5.42. The molecule has 0 spiro atoms. The molecule has 6 heteroatoms. The van der Waals surface area contributed by atoms with Gasteiger partial charge in [-0.05, 0) is 35.2 Å². The van der Waals surface area contributed by atoms with Crippen molar-refractivity contribution in [3.63, 3.8) is 0 Å². The maximum atomic E-state index is 13.2. The highest BCUT2D eigenvalue weighted by Gasteiger charge is 2.28. The summed E-state index contributed by atoms with van der Waals surface area (Å²) in [5.41, 5.74) is 3.29. The van der Waals surface area contributed by atoms with Crippen LogP contribution in [0.15, 0.2) is 36.4 Å². The van der Waals surface area contributed by atoms with Crippen LogP contribution in [0.3, 0.4) is 0 Å². The first-order chi connectivity index (χ1) is 14.1. The zero-order valence-corrected chi connectivity index (χ0v) is 17.7. The molecule has 1 unspecified atom stereocenters. The van der Waals surface area contributed by atoms with Gasteiger partial charge in [-0.15, -0.1) is 0 Å². The highest BCUT2D eigenvalue weighted by Crippen LogP contribution is 2.38. The summed E-state index contributed by atoms with van der Waals surface area (Å²) in [4.78, 5) is 15.2. The van der Waals surface area contributed by atoms with Crippen LogP contribution in [0.4, 0.5) is 0 Å². The van der Waals surface area contributed by atoms with E-state index in [1.807, 2.05) is 17.0 Å². The predicted molar refractivity (Wildman–Crippen MR) is 113 cm³/mol. The fourth-order valence-corrected chi connectivity index (χ4v) is 3.79. The van der Waals surface area contributed by atoms with E-state index in [2.05, 4.69) is 36.5 Å². The van der Waals surface area contributed by atoms with Crippen molar-refractivity contribution in [1.29, 1.82) is 0 Å². The number of nitrogens with zero attached hydrogens (tertiary/aromatic N) is 1. The van der Waals surface area contributed by atoms with Crippen LogP contribution in [0.2, 0.25) is 0 Å². The van der Waals surface area contributed by atoms with Crippen LogP contribution < -0.4 is 19.5 Å². The number of ether oxygens (including phenoxy) is 3. The highest BCUT2D eigenvalue weighted by molar-refractivity contribution is 5.80. The normalized spacial score (nSPS) is 16.4. The van der Waals surface area contributed by atoms with E-state index in [4.69, 9.17) is 14.2 Å². The summed E-state index contributed by atoms with van der Waals surface area (Å²) in [6.45, 7) is 4.38. The predicted octanol–water partition coefficient (Wildman–Crippen LogP) is 2.99. The molecule has 0 aromatic heterocycles. The van der Waals surface area contributed by atoms with Crippen molar-refractivity contribution in [2.45, 2.75) is 25.8 Å². The molecular weight excluding hydrogens is 368 g/mol. The second kappa shape index (κ2) is 9.65. The molecule has 6 nitrogen and oxygen atoms in total. The minimum atomic E-state index is 0.0317. The quantitative estimate of drug-likeness (QED) is 0.777. The van der Waals surface area contributed by atoms with Gasteiger partial charge in [0.15, 0.2) is 11.5 Å². The summed E-state index contributed by atoms with van der Waals surface area (Å²) in [5, 5.41) is 3.41. The van der Waals surface area contributed by atoms with Crippen LogP contribution >= 0.6 is 0 Å². The number of carbonyl (C=O) groups excluding carboxylic acids is 1. The van der Waals surface area contributed by atoms with Gasteiger partial charge in [-0.1, -0.05) is 31.2 Å². The van der Waals surface area contributed by atoms with Crippen molar-refractivity contribution < 1.29 is 19.0 Å². The van der Waals surface area contributed by atoms with Crippen molar-refractivity contribution >= 4 is 5.91 Å². The van der Waals surface area contributed by atoms with E-state index in [1.165, 1.54) is 5.56 Å². The van der Waals surface area contributed by atoms with Crippen LogP contribution in [0, 0.1) is 0 Å². The summed E-state index contributed by atoms with van der Waals surface area (Å²) in [6, 6.07) is 12.3. The lowest BCUT2D eigenvalue weighted by atomic mass is 10.00.